The Labute approximate surface area is 90.6 Å². The zero-order valence-electron chi connectivity index (χ0n) is 8.15. The number of pyridine rings is 1. The summed E-state index contributed by atoms with van der Waals surface area (Å²) in [6.45, 7) is 0.951. The number of aromatic hydroxyl groups is 1. The molecule has 1 aromatic rings. The lowest BCUT2D eigenvalue weighted by Crippen LogP contribution is -2.19. The van der Waals surface area contributed by atoms with Crippen LogP contribution in [0.25, 0.3) is 0 Å². The fourth-order valence-corrected chi connectivity index (χ4v) is 1.12. The second kappa shape index (κ2) is 3.97. The Hall–Kier alpha value is -1.67. The van der Waals surface area contributed by atoms with Gasteiger partial charge in [0.25, 0.3) is 5.88 Å². The van der Waals surface area contributed by atoms with Crippen LogP contribution >= 0.6 is 0 Å². The number of nitrogens with zero attached hydrogens (tertiary/aromatic N) is 1. The molecule has 1 rings (SSSR count). The molecule has 1 N–H and O–H groups in total. The highest BCUT2D eigenvalue weighted by Crippen LogP contribution is 2.42. The molecule has 0 spiro atoms. The molecule has 0 radical (unpaired) electrons. The number of alkyl halides is 6. The Morgan fingerprint density at radius 2 is 1.71 bits per heavy atom. The van der Waals surface area contributed by atoms with Gasteiger partial charge in [-0.25, -0.2) is 4.98 Å². The molecule has 96 valence electrons. The number of aromatic nitrogens is 1. The number of ether oxygens (including phenoxy) is 1. The van der Waals surface area contributed by atoms with Crippen molar-refractivity contribution in [1.82, 2.24) is 4.98 Å². The standard InChI is InChI=1S/C8H5F6NO2/c1-3-2-15-6(17-8(12,13)14)5(16)4(3)7(9,10)11/h2,16H,1H3. The summed E-state index contributed by atoms with van der Waals surface area (Å²) in [5, 5.41) is 9.06. The first-order valence-electron chi connectivity index (χ1n) is 4.04. The molecule has 0 aliphatic carbocycles. The van der Waals surface area contributed by atoms with Gasteiger partial charge in [0, 0.05) is 6.20 Å². The average Bonchev–Trinajstić information content (AvgIpc) is 2.06. The van der Waals surface area contributed by atoms with E-state index in [0.29, 0.717) is 6.20 Å². The quantitative estimate of drug-likeness (QED) is 0.790. The van der Waals surface area contributed by atoms with Crippen molar-refractivity contribution in [3.05, 3.63) is 17.3 Å². The first kappa shape index (κ1) is 13.4. The summed E-state index contributed by atoms with van der Waals surface area (Å²) in [5.41, 5.74) is -2.11. The Kier molecular flexibility index (Phi) is 3.13. The zero-order valence-corrected chi connectivity index (χ0v) is 8.15. The van der Waals surface area contributed by atoms with Gasteiger partial charge in [0.1, 0.15) is 5.56 Å². The Morgan fingerprint density at radius 3 is 2.12 bits per heavy atom. The first-order chi connectivity index (χ1) is 7.52. The van der Waals surface area contributed by atoms with E-state index in [1.54, 1.807) is 0 Å². The highest BCUT2D eigenvalue weighted by Gasteiger charge is 2.40. The van der Waals surface area contributed by atoms with Crippen LogP contribution in [0.3, 0.4) is 0 Å². The smallest absolute Gasteiger partial charge is 0.503 e. The van der Waals surface area contributed by atoms with E-state index in [1.807, 2.05) is 0 Å². The van der Waals surface area contributed by atoms with Crippen LogP contribution < -0.4 is 4.74 Å². The molecule has 0 bridgehead atoms. The summed E-state index contributed by atoms with van der Waals surface area (Å²) in [5.74, 6) is -3.22. The number of aryl methyl sites for hydroxylation is 1. The maximum absolute atomic E-state index is 12.4. The van der Waals surface area contributed by atoms with E-state index in [0.717, 1.165) is 6.92 Å². The SMILES string of the molecule is Cc1cnc(OC(F)(F)F)c(O)c1C(F)(F)F. The Morgan fingerprint density at radius 1 is 1.18 bits per heavy atom. The second-order valence-corrected chi connectivity index (χ2v) is 3.02. The molecule has 0 atom stereocenters. The minimum absolute atomic E-state index is 0.510. The van der Waals surface area contributed by atoms with E-state index in [1.165, 1.54) is 0 Å². The molecule has 0 fully saturated rings. The van der Waals surface area contributed by atoms with Gasteiger partial charge in [0.15, 0.2) is 5.75 Å². The maximum atomic E-state index is 12.4. The minimum atomic E-state index is -5.23. The molecule has 1 aromatic heterocycles. The first-order valence-corrected chi connectivity index (χ1v) is 4.04. The van der Waals surface area contributed by atoms with E-state index in [4.69, 9.17) is 5.11 Å². The molecule has 3 nitrogen and oxygen atoms in total. The Bertz CT molecular complexity index is 425. The predicted octanol–water partition coefficient (Wildman–Crippen LogP) is 3.01. The molecule has 0 aliphatic rings. The van der Waals surface area contributed by atoms with Crippen LogP contribution in [0.2, 0.25) is 0 Å². The third kappa shape index (κ3) is 3.14. The van der Waals surface area contributed by atoms with Crippen LogP contribution in [0.5, 0.6) is 11.6 Å². The van der Waals surface area contributed by atoms with Gasteiger partial charge in [-0.05, 0) is 12.5 Å². The number of hydrogen-bond acceptors (Lipinski definition) is 3. The molecular weight excluding hydrogens is 256 g/mol. The summed E-state index contributed by atoms with van der Waals surface area (Å²) in [6.07, 6.45) is -9.70. The van der Waals surface area contributed by atoms with Crippen molar-refractivity contribution in [2.45, 2.75) is 19.5 Å². The lowest BCUT2D eigenvalue weighted by atomic mass is 10.1. The molecule has 1 heterocycles. The van der Waals surface area contributed by atoms with Crippen molar-refractivity contribution >= 4 is 0 Å². The third-order valence-corrected chi connectivity index (χ3v) is 1.71. The van der Waals surface area contributed by atoms with E-state index in [2.05, 4.69) is 9.72 Å². The van der Waals surface area contributed by atoms with Crippen LogP contribution in [-0.2, 0) is 6.18 Å². The molecule has 0 unspecified atom stereocenters. The molecule has 0 aromatic carbocycles. The Balaban J connectivity index is 3.30. The van der Waals surface area contributed by atoms with Crippen LogP contribution in [0.4, 0.5) is 26.3 Å². The molecule has 0 aliphatic heterocycles. The van der Waals surface area contributed by atoms with Gasteiger partial charge in [-0.1, -0.05) is 0 Å². The summed E-state index contributed by atoms with van der Waals surface area (Å²) in [6, 6.07) is 0. The van der Waals surface area contributed by atoms with Gasteiger partial charge in [-0.15, -0.1) is 13.2 Å². The number of hydrogen-bond donors (Lipinski definition) is 1. The summed E-state index contributed by atoms with van der Waals surface area (Å²) in [7, 11) is 0. The summed E-state index contributed by atoms with van der Waals surface area (Å²) in [4.78, 5) is 2.95. The topological polar surface area (TPSA) is 42.4 Å². The van der Waals surface area contributed by atoms with Crippen molar-refractivity contribution in [3.8, 4) is 11.6 Å². The van der Waals surface area contributed by atoms with E-state index in [-0.39, 0.29) is 0 Å². The second-order valence-electron chi connectivity index (χ2n) is 3.02. The lowest BCUT2D eigenvalue weighted by molar-refractivity contribution is -0.276. The van der Waals surface area contributed by atoms with Crippen LogP contribution in [0.15, 0.2) is 6.20 Å². The fraction of sp³-hybridized carbons (Fsp3) is 0.375. The zero-order chi connectivity index (χ0) is 13.4. The number of rotatable bonds is 1. The molecule has 17 heavy (non-hydrogen) atoms. The van der Waals surface area contributed by atoms with E-state index >= 15 is 0 Å². The van der Waals surface area contributed by atoms with Crippen molar-refractivity contribution in [2.24, 2.45) is 0 Å². The number of halogens is 6. The molecular formula is C8H5F6NO2. The maximum Gasteiger partial charge on any atom is 0.574 e. The minimum Gasteiger partial charge on any atom is -0.503 e. The van der Waals surface area contributed by atoms with Crippen molar-refractivity contribution in [1.29, 1.82) is 0 Å². The van der Waals surface area contributed by atoms with Crippen LogP contribution in [-0.4, -0.2) is 16.5 Å². The third-order valence-electron chi connectivity index (χ3n) is 1.71. The largest absolute Gasteiger partial charge is 0.574 e. The summed E-state index contributed by atoms with van der Waals surface area (Å²) >= 11 is 0. The highest BCUT2D eigenvalue weighted by atomic mass is 19.4. The lowest BCUT2D eigenvalue weighted by Gasteiger charge is -2.15. The van der Waals surface area contributed by atoms with Crippen LogP contribution in [0, 0.1) is 6.92 Å². The average molecular weight is 261 g/mol. The van der Waals surface area contributed by atoms with Crippen LogP contribution in [0.1, 0.15) is 11.1 Å². The van der Waals surface area contributed by atoms with Crippen molar-refractivity contribution < 1.29 is 36.2 Å². The normalized spacial score (nSPS) is 12.6. The van der Waals surface area contributed by atoms with Gasteiger partial charge in [0.2, 0.25) is 0 Å². The van der Waals surface area contributed by atoms with E-state index < -0.39 is 35.3 Å². The molecule has 9 heteroatoms. The van der Waals surface area contributed by atoms with Gasteiger partial charge >= 0.3 is 12.5 Å². The van der Waals surface area contributed by atoms with Gasteiger partial charge < -0.3 is 9.84 Å². The highest BCUT2D eigenvalue weighted by molar-refractivity contribution is 5.46. The molecule has 0 saturated heterocycles. The molecule has 0 saturated carbocycles. The van der Waals surface area contributed by atoms with Crippen molar-refractivity contribution in [3.63, 3.8) is 0 Å². The van der Waals surface area contributed by atoms with E-state index in [9.17, 15) is 26.3 Å². The monoisotopic (exact) mass is 261 g/mol. The van der Waals surface area contributed by atoms with Gasteiger partial charge in [-0.2, -0.15) is 13.2 Å². The summed E-state index contributed by atoms with van der Waals surface area (Å²) < 4.78 is 75.7. The van der Waals surface area contributed by atoms with Gasteiger partial charge in [0.05, 0.1) is 0 Å². The van der Waals surface area contributed by atoms with Gasteiger partial charge in [-0.3, -0.25) is 0 Å². The van der Waals surface area contributed by atoms with Crippen molar-refractivity contribution in [2.75, 3.05) is 0 Å². The fourth-order valence-electron chi connectivity index (χ4n) is 1.12. The molecule has 0 amide bonds. The predicted molar refractivity (Wildman–Crippen MR) is 42.3 cm³/mol.